The molecule has 0 radical (unpaired) electrons. The summed E-state index contributed by atoms with van der Waals surface area (Å²) >= 11 is 0. The summed E-state index contributed by atoms with van der Waals surface area (Å²) in [6.07, 6.45) is 1.94. The molecule has 17 heavy (non-hydrogen) atoms. The van der Waals surface area contributed by atoms with Crippen molar-refractivity contribution >= 4 is 6.03 Å². The quantitative estimate of drug-likeness (QED) is 0.620. The molecule has 0 saturated heterocycles. The van der Waals surface area contributed by atoms with E-state index in [-0.39, 0.29) is 0 Å². The van der Waals surface area contributed by atoms with E-state index in [4.69, 9.17) is 10.9 Å². The van der Waals surface area contributed by atoms with Crippen LogP contribution in [0.15, 0.2) is 24.3 Å². The molecule has 0 aliphatic heterocycles. The van der Waals surface area contributed by atoms with E-state index < -0.39 is 6.03 Å². The zero-order chi connectivity index (χ0) is 12.4. The maximum absolute atomic E-state index is 10.6. The molecule has 1 fully saturated rings. The van der Waals surface area contributed by atoms with E-state index >= 15 is 0 Å². The molecule has 4 heteroatoms. The number of amides is 2. The summed E-state index contributed by atoms with van der Waals surface area (Å²) in [5.74, 6) is 1.14. The molecular formula is C13H18N2O2. The maximum Gasteiger partial charge on any atom is 0.338 e. The average molecular weight is 234 g/mol. The molecule has 0 spiro atoms. The van der Waals surface area contributed by atoms with E-state index in [1.165, 1.54) is 11.1 Å². The van der Waals surface area contributed by atoms with E-state index in [9.17, 15) is 4.79 Å². The third-order valence-electron chi connectivity index (χ3n) is 3.39. The SMILES string of the molecule is Cc1ccc(C2CC2CCN(O)C(N)=O)cc1. The average Bonchev–Trinajstić information content (AvgIpc) is 3.06. The highest BCUT2D eigenvalue weighted by Crippen LogP contribution is 2.49. The Morgan fingerprint density at radius 3 is 2.71 bits per heavy atom. The third-order valence-corrected chi connectivity index (χ3v) is 3.39. The Labute approximate surface area is 101 Å². The summed E-state index contributed by atoms with van der Waals surface area (Å²) in [5, 5.41) is 9.74. The van der Waals surface area contributed by atoms with Crippen LogP contribution >= 0.6 is 0 Å². The molecule has 0 bridgehead atoms. The minimum Gasteiger partial charge on any atom is -0.350 e. The first-order chi connectivity index (χ1) is 8.08. The van der Waals surface area contributed by atoms with Gasteiger partial charge in [-0.3, -0.25) is 5.21 Å². The normalized spacial score (nSPS) is 22.2. The van der Waals surface area contributed by atoms with Gasteiger partial charge in [0.2, 0.25) is 0 Å². The first-order valence-electron chi connectivity index (χ1n) is 5.90. The van der Waals surface area contributed by atoms with Crippen molar-refractivity contribution in [1.29, 1.82) is 0 Å². The summed E-state index contributed by atoms with van der Waals surface area (Å²) in [7, 11) is 0. The Balaban J connectivity index is 1.81. The van der Waals surface area contributed by atoms with Crippen molar-refractivity contribution in [3.63, 3.8) is 0 Å². The molecule has 0 aromatic heterocycles. The highest BCUT2D eigenvalue weighted by atomic mass is 16.5. The van der Waals surface area contributed by atoms with Gasteiger partial charge in [0, 0.05) is 0 Å². The second-order valence-electron chi connectivity index (χ2n) is 4.76. The van der Waals surface area contributed by atoms with Crippen LogP contribution in [0.2, 0.25) is 0 Å². The van der Waals surface area contributed by atoms with Crippen molar-refractivity contribution < 1.29 is 10.0 Å². The second kappa shape index (κ2) is 4.75. The van der Waals surface area contributed by atoms with Crippen molar-refractivity contribution in [2.45, 2.75) is 25.7 Å². The number of nitrogens with zero attached hydrogens (tertiary/aromatic N) is 1. The predicted molar refractivity (Wildman–Crippen MR) is 64.7 cm³/mol. The Bertz CT molecular complexity index is 402. The van der Waals surface area contributed by atoms with Gasteiger partial charge in [-0.15, -0.1) is 0 Å². The van der Waals surface area contributed by atoms with Crippen molar-refractivity contribution in [1.82, 2.24) is 5.06 Å². The molecular weight excluding hydrogens is 216 g/mol. The van der Waals surface area contributed by atoms with Gasteiger partial charge in [-0.05, 0) is 37.2 Å². The number of nitrogens with two attached hydrogens (primary N) is 1. The molecule has 1 aromatic rings. The Morgan fingerprint density at radius 1 is 1.47 bits per heavy atom. The number of aryl methyl sites for hydroxylation is 1. The molecule has 0 heterocycles. The fourth-order valence-corrected chi connectivity index (χ4v) is 2.19. The highest BCUT2D eigenvalue weighted by molar-refractivity contribution is 5.70. The van der Waals surface area contributed by atoms with E-state index in [0.717, 1.165) is 12.8 Å². The molecule has 1 saturated carbocycles. The molecule has 2 rings (SSSR count). The monoisotopic (exact) mass is 234 g/mol. The Kier molecular flexibility index (Phi) is 3.33. The molecule has 2 amide bonds. The standard InChI is InChI=1S/C13H18N2O2/c1-9-2-4-10(5-3-9)12-8-11(12)6-7-15(17)13(14)16/h2-5,11-12,17H,6-8H2,1H3,(H2,14,16). The predicted octanol–water partition coefficient (Wildman–Crippen LogP) is 2.26. The zero-order valence-corrected chi connectivity index (χ0v) is 9.97. The van der Waals surface area contributed by atoms with E-state index in [0.29, 0.717) is 23.4 Å². The van der Waals surface area contributed by atoms with Crippen LogP contribution in [0, 0.1) is 12.8 Å². The number of carbonyl (C=O) groups excluding carboxylic acids is 1. The van der Waals surface area contributed by atoms with Gasteiger partial charge in [-0.25, -0.2) is 9.86 Å². The summed E-state index contributed by atoms with van der Waals surface area (Å²) in [6.45, 7) is 2.40. The summed E-state index contributed by atoms with van der Waals surface area (Å²) in [4.78, 5) is 10.6. The summed E-state index contributed by atoms with van der Waals surface area (Å²) < 4.78 is 0. The topological polar surface area (TPSA) is 66.6 Å². The van der Waals surface area contributed by atoms with Gasteiger partial charge >= 0.3 is 6.03 Å². The van der Waals surface area contributed by atoms with Crippen molar-refractivity contribution in [3.8, 4) is 0 Å². The number of primary amides is 1. The third kappa shape index (κ3) is 2.97. The first kappa shape index (κ1) is 11.9. The minimum absolute atomic E-state index is 0.322. The fourth-order valence-electron chi connectivity index (χ4n) is 2.19. The molecule has 4 nitrogen and oxygen atoms in total. The van der Waals surface area contributed by atoms with Crippen LogP contribution in [0.25, 0.3) is 0 Å². The molecule has 3 N–H and O–H groups in total. The van der Waals surface area contributed by atoms with Crippen molar-refractivity contribution in [3.05, 3.63) is 35.4 Å². The van der Waals surface area contributed by atoms with Crippen LogP contribution < -0.4 is 5.73 Å². The number of hydroxylamine groups is 2. The highest BCUT2D eigenvalue weighted by Gasteiger charge is 2.37. The molecule has 1 aliphatic carbocycles. The van der Waals surface area contributed by atoms with Gasteiger partial charge in [-0.1, -0.05) is 29.8 Å². The largest absolute Gasteiger partial charge is 0.350 e. The Hall–Kier alpha value is -1.55. The lowest BCUT2D eigenvalue weighted by molar-refractivity contribution is -0.0410. The summed E-state index contributed by atoms with van der Waals surface area (Å²) in [6, 6.07) is 7.77. The lowest BCUT2D eigenvalue weighted by atomic mass is 10.1. The van der Waals surface area contributed by atoms with Crippen LogP contribution in [0.5, 0.6) is 0 Å². The summed E-state index contributed by atoms with van der Waals surface area (Å²) in [5.41, 5.74) is 7.56. The van der Waals surface area contributed by atoms with Crippen LogP contribution in [-0.4, -0.2) is 22.8 Å². The lowest BCUT2D eigenvalue weighted by Crippen LogP contribution is -2.33. The van der Waals surface area contributed by atoms with Gasteiger partial charge in [0.25, 0.3) is 0 Å². The molecule has 1 aliphatic rings. The van der Waals surface area contributed by atoms with E-state index in [2.05, 4.69) is 31.2 Å². The van der Waals surface area contributed by atoms with Crippen molar-refractivity contribution in [2.75, 3.05) is 6.54 Å². The van der Waals surface area contributed by atoms with Gasteiger partial charge in [0.1, 0.15) is 0 Å². The number of carbonyl (C=O) groups is 1. The number of benzene rings is 1. The first-order valence-corrected chi connectivity index (χ1v) is 5.90. The van der Waals surface area contributed by atoms with Gasteiger partial charge < -0.3 is 5.73 Å². The smallest absolute Gasteiger partial charge is 0.338 e. The molecule has 1 aromatic carbocycles. The van der Waals surface area contributed by atoms with Crippen LogP contribution in [0.1, 0.15) is 29.9 Å². The maximum atomic E-state index is 10.6. The van der Waals surface area contributed by atoms with Crippen LogP contribution in [0.3, 0.4) is 0 Å². The second-order valence-corrected chi connectivity index (χ2v) is 4.76. The number of rotatable bonds is 4. The van der Waals surface area contributed by atoms with Crippen molar-refractivity contribution in [2.24, 2.45) is 11.7 Å². The number of hydrogen-bond acceptors (Lipinski definition) is 2. The van der Waals surface area contributed by atoms with Gasteiger partial charge in [0.05, 0.1) is 6.54 Å². The van der Waals surface area contributed by atoms with Gasteiger partial charge in [0.15, 0.2) is 0 Å². The minimum atomic E-state index is -0.780. The number of hydrogen-bond donors (Lipinski definition) is 2. The molecule has 92 valence electrons. The van der Waals surface area contributed by atoms with E-state index in [1.54, 1.807) is 0 Å². The van der Waals surface area contributed by atoms with E-state index in [1.807, 2.05) is 0 Å². The van der Waals surface area contributed by atoms with Crippen LogP contribution in [-0.2, 0) is 0 Å². The zero-order valence-electron chi connectivity index (χ0n) is 9.97. The molecule has 2 atom stereocenters. The van der Waals surface area contributed by atoms with Crippen LogP contribution in [0.4, 0.5) is 4.79 Å². The lowest BCUT2D eigenvalue weighted by Gasteiger charge is -2.11. The number of urea groups is 1. The van der Waals surface area contributed by atoms with Gasteiger partial charge in [-0.2, -0.15) is 0 Å². The molecule has 2 unspecified atom stereocenters. The Morgan fingerprint density at radius 2 is 2.12 bits per heavy atom. The fraction of sp³-hybridized carbons (Fsp3) is 0.462.